The van der Waals surface area contributed by atoms with Crippen LogP contribution >= 0.6 is 0 Å². The van der Waals surface area contributed by atoms with Crippen LogP contribution in [0.5, 0.6) is 0 Å². The Kier molecular flexibility index (Phi) is 35.0. The zero-order chi connectivity index (χ0) is 23.6. The van der Waals surface area contributed by atoms with Gasteiger partial charge in [0, 0.05) is 13.0 Å². The van der Waals surface area contributed by atoms with Gasteiger partial charge in [0.05, 0.1) is 12.7 Å². The number of carbonyl (C=O) groups is 1. The van der Waals surface area contributed by atoms with Gasteiger partial charge in [-0.05, 0) is 37.3 Å². The van der Waals surface area contributed by atoms with E-state index in [0.717, 1.165) is 12.8 Å². The molecule has 0 aliphatic carbocycles. The number of carboxylic acids is 1. The van der Waals surface area contributed by atoms with Crippen molar-refractivity contribution in [1.29, 1.82) is 0 Å². The Bertz CT molecular complexity index is 515. The van der Waals surface area contributed by atoms with E-state index in [9.17, 15) is 4.79 Å². The quantitative estimate of drug-likeness (QED) is 0.503. The molecule has 2 aromatic rings. The van der Waals surface area contributed by atoms with Crippen molar-refractivity contribution in [3.05, 3.63) is 71.8 Å². The number of aliphatic hydroxyl groups excluding tert-OH is 3. The highest BCUT2D eigenvalue weighted by atomic mass is 16.4. The number of benzene rings is 2. The van der Waals surface area contributed by atoms with Gasteiger partial charge in [0.1, 0.15) is 0 Å². The lowest BCUT2D eigenvalue weighted by atomic mass is 10.2. The smallest absolute Gasteiger partial charge is 0.303 e. The maximum atomic E-state index is 9.37. The highest BCUT2D eigenvalue weighted by Gasteiger charge is 1.92. The molecule has 5 heteroatoms. The predicted octanol–water partition coefficient (Wildman–Crippen LogP) is 5.36. The third kappa shape index (κ3) is 32.7. The Hall–Kier alpha value is -2.21. The molecule has 0 saturated heterocycles. The number of aliphatic carboxylic acids is 1. The summed E-state index contributed by atoms with van der Waals surface area (Å²) in [5, 5.41) is 31.8. The molecule has 0 bridgehead atoms. The van der Waals surface area contributed by atoms with Crippen molar-refractivity contribution in [2.24, 2.45) is 0 Å². The Morgan fingerprint density at radius 3 is 1.16 bits per heavy atom. The first-order valence-electron chi connectivity index (χ1n) is 10.6. The van der Waals surface area contributed by atoms with E-state index >= 15 is 0 Å². The second kappa shape index (κ2) is 30.0. The van der Waals surface area contributed by atoms with Crippen molar-refractivity contribution < 1.29 is 25.2 Å². The van der Waals surface area contributed by atoms with Crippen LogP contribution in [-0.4, -0.2) is 45.7 Å². The molecule has 0 aromatic heterocycles. The normalized spacial score (nSPS) is 9.29. The van der Waals surface area contributed by atoms with Gasteiger partial charge in [0.25, 0.3) is 0 Å². The molecule has 0 heterocycles. The van der Waals surface area contributed by atoms with E-state index < -0.39 is 12.1 Å². The molecule has 0 fully saturated rings. The molecule has 31 heavy (non-hydrogen) atoms. The fourth-order valence-electron chi connectivity index (χ4n) is 1.56. The van der Waals surface area contributed by atoms with Crippen LogP contribution < -0.4 is 0 Å². The molecule has 0 aliphatic heterocycles. The Labute approximate surface area is 190 Å². The van der Waals surface area contributed by atoms with E-state index in [4.69, 9.17) is 20.4 Å². The number of aryl methyl sites for hydroxylation is 2. The maximum Gasteiger partial charge on any atom is 0.303 e. The van der Waals surface area contributed by atoms with E-state index in [1.807, 2.05) is 19.1 Å². The lowest BCUT2D eigenvalue weighted by Gasteiger charge is -1.97. The predicted molar refractivity (Wildman–Crippen MR) is 132 cm³/mol. The summed E-state index contributed by atoms with van der Waals surface area (Å²) in [5.41, 5.74) is 2.82. The second-order valence-electron chi connectivity index (χ2n) is 5.99. The van der Waals surface area contributed by atoms with Crippen LogP contribution in [0.2, 0.25) is 0 Å². The van der Waals surface area contributed by atoms with Gasteiger partial charge >= 0.3 is 5.97 Å². The minimum absolute atomic E-state index is 0. The molecule has 0 amide bonds. The summed E-state index contributed by atoms with van der Waals surface area (Å²) in [7, 11) is 0. The lowest BCUT2D eigenvalue weighted by molar-refractivity contribution is -0.136. The van der Waals surface area contributed by atoms with Crippen LogP contribution in [0.3, 0.4) is 0 Å². The summed E-state index contributed by atoms with van der Waals surface area (Å²) in [6.07, 6.45) is 2.63. The van der Waals surface area contributed by atoms with Crippen LogP contribution in [0.15, 0.2) is 60.7 Å². The van der Waals surface area contributed by atoms with Crippen molar-refractivity contribution in [3.63, 3.8) is 0 Å². The van der Waals surface area contributed by atoms with Gasteiger partial charge in [-0.2, -0.15) is 0 Å². The molecule has 0 aliphatic rings. The Morgan fingerprint density at radius 2 is 1.06 bits per heavy atom. The molecular weight excluding hydrogens is 392 g/mol. The van der Waals surface area contributed by atoms with E-state index in [1.165, 1.54) is 11.1 Å². The molecule has 0 saturated carbocycles. The summed E-state index contributed by atoms with van der Waals surface area (Å²) < 4.78 is 0. The van der Waals surface area contributed by atoms with Gasteiger partial charge in [-0.25, -0.2) is 0 Å². The zero-order valence-electron chi connectivity index (χ0n) is 19.3. The van der Waals surface area contributed by atoms with E-state index in [-0.39, 0.29) is 27.1 Å². The van der Waals surface area contributed by atoms with Crippen LogP contribution in [0, 0.1) is 0 Å². The van der Waals surface area contributed by atoms with E-state index in [2.05, 4.69) is 62.4 Å². The molecule has 4 N–H and O–H groups in total. The first-order valence-corrected chi connectivity index (χ1v) is 10.6. The summed E-state index contributed by atoms with van der Waals surface area (Å²) in [6, 6.07) is 20.9. The van der Waals surface area contributed by atoms with Crippen LogP contribution in [-0.2, 0) is 17.6 Å². The molecule has 5 nitrogen and oxygen atoms in total. The van der Waals surface area contributed by atoms with E-state index in [1.54, 1.807) is 13.8 Å². The zero-order valence-corrected chi connectivity index (χ0v) is 19.3. The largest absolute Gasteiger partial charge is 0.481 e. The van der Waals surface area contributed by atoms with Crippen LogP contribution in [0.25, 0.3) is 0 Å². The second-order valence-corrected chi connectivity index (χ2v) is 5.99. The molecule has 1 unspecified atom stereocenters. The van der Waals surface area contributed by atoms with Crippen molar-refractivity contribution in [1.82, 2.24) is 0 Å². The molecule has 1 atom stereocenters. The van der Waals surface area contributed by atoms with Crippen molar-refractivity contribution in [3.8, 4) is 0 Å². The molecule has 0 radical (unpaired) electrons. The number of rotatable bonds is 5. The third-order valence-corrected chi connectivity index (χ3v) is 3.49. The average molecular weight is 439 g/mol. The molecule has 2 rings (SSSR count). The van der Waals surface area contributed by atoms with Crippen LogP contribution in [0.1, 0.15) is 66.0 Å². The molecular formula is C26H46O5. The first kappa shape index (κ1) is 36.2. The fraction of sp³-hybridized carbons (Fsp3) is 0.500. The van der Waals surface area contributed by atoms with Gasteiger partial charge in [-0.1, -0.05) is 95.8 Å². The van der Waals surface area contributed by atoms with E-state index in [0.29, 0.717) is 6.42 Å². The van der Waals surface area contributed by atoms with Gasteiger partial charge < -0.3 is 20.4 Å². The number of carboxylic acid groups (broad SMARTS) is 1. The summed E-state index contributed by atoms with van der Waals surface area (Å²) >= 11 is 0. The van der Waals surface area contributed by atoms with Gasteiger partial charge in [0.2, 0.25) is 0 Å². The van der Waals surface area contributed by atoms with Gasteiger partial charge in [-0.3, -0.25) is 4.79 Å². The van der Waals surface area contributed by atoms with Crippen LogP contribution in [0.4, 0.5) is 0 Å². The number of hydrogen-bond acceptors (Lipinski definition) is 4. The topological polar surface area (TPSA) is 98.0 Å². The SMILES string of the molecule is C.CCC(=O)O.CCC(O)CO.CCO.CCc1ccccc1.CCc1ccccc1. The fourth-order valence-corrected chi connectivity index (χ4v) is 1.56. The van der Waals surface area contributed by atoms with Gasteiger partial charge in [-0.15, -0.1) is 0 Å². The highest BCUT2D eigenvalue weighted by Crippen LogP contribution is 1.97. The minimum Gasteiger partial charge on any atom is -0.481 e. The molecule has 180 valence electrons. The summed E-state index contributed by atoms with van der Waals surface area (Å²) in [6.45, 7) is 9.56. The van der Waals surface area contributed by atoms with Gasteiger partial charge in [0.15, 0.2) is 0 Å². The van der Waals surface area contributed by atoms with Crippen molar-refractivity contribution in [2.75, 3.05) is 13.2 Å². The first-order chi connectivity index (χ1) is 14.4. The summed E-state index contributed by atoms with van der Waals surface area (Å²) in [4.78, 5) is 9.37. The Morgan fingerprint density at radius 1 is 0.774 bits per heavy atom. The summed E-state index contributed by atoms with van der Waals surface area (Å²) in [5.74, 6) is -0.745. The lowest BCUT2D eigenvalue weighted by Crippen LogP contribution is -2.08. The van der Waals surface area contributed by atoms with Crippen molar-refractivity contribution in [2.45, 2.75) is 73.8 Å². The number of aliphatic hydroxyl groups is 3. The molecule has 2 aromatic carbocycles. The monoisotopic (exact) mass is 438 g/mol. The maximum absolute atomic E-state index is 9.37. The minimum atomic E-state index is -0.745. The number of hydrogen-bond donors (Lipinski definition) is 4. The third-order valence-electron chi connectivity index (χ3n) is 3.49. The standard InChI is InChI=1S/2C8H10.C4H10O2.C3H6O2.C2H6O.CH4/c2*1-2-8-6-4-3-5-7-8;1-2-4(6)3-5;1-2-3(4)5;1-2-3;/h2*3-7H,2H2,1H3;4-6H,2-3H2,1H3;2H2,1H3,(H,4,5);3H,2H2,1H3;1H4. The highest BCUT2D eigenvalue weighted by molar-refractivity contribution is 5.66. The Balaban J connectivity index is -0.000000151. The van der Waals surface area contributed by atoms with Crippen molar-refractivity contribution >= 4 is 5.97 Å². The average Bonchev–Trinajstić information content (AvgIpc) is 2.81. The molecule has 0 spiro atoms.